The average molecular weight is 221 g/mol. The van der Waals surface area contributed by atoms with Crippen molar-refractivity contribution in [3.63, 3.8) is 0 Å². The SMILES string of the molecule is CN1C(=O)C[C@H](c2ccc(F)cc2)N=C1N. The van der Waals surface area contributed by atoms with Crippen molar-refractivity contribution in [2.24, 2.45) is 10.7 Å². The summed E-state index contributed by atoms with van der Waals surface area (Å²) in [7, 11) is 1.59. The van der Waals surface area contributed by atoms with Crippen LogP contribution in [0.5, 0.6) is 0 Å². The molecule has 0 unspecified atom stereocenters. The molecular formula is C11H12FN3O. The Labute approximate surface area is 92.6 Å². The molecule has 0 radical (unpaired) electrons. The standard InChI is InChI=1S/C11H12FN3O/c1-15-10(16)6-9(14-11(15)13)7-2-4-8(12)5-3-7/h2-5,9H,6H2,1H3,(H2,13,14)/t9-/m1/s1. The highest BCUT2D eigenvalue weighted by Gasteiger charge is 2.25. The zero-order valence-corrected chi connectivity index (χ0v) is 8.85. The van der Waals surface area contributed by atoms with Crippen LogP contribution in [0.25, 0.3) is 0 Å². The monoisotopic (exact) mass is 221 g/mol. The fraction of sp³-hybridized carbons (Fsp3) is 0.273. The molecule has 1 heterocycles. The Kier molecular flexibility index (Phi) is 2.60. The number of hydrogen-bond acceptors (Lipinski definition) is 3. The highest BCUT2D eigenvalue weighted by Crippen LogP contribution is 2.25. The van der Waals surface area contributed by atoms with Crippen LogP contribution in [-0.2, 0) is 4.79 Å². The second-order valence-corrected chi connectivity index (χ2v) is 3.71. The summed E-state index contributed by atoms with van der Waals surface area (Å²) in [5, 5.41) is 0. The van der Waals surface area contributed by atoms with E-state index in [1.54, 1.807) is 19.2 Å². The van der Waals surface area contributed by atoms with Crippen molar-refractivity contribution in [3.05, 3.63) is 35.6 Å². The zero-order valence-electron chi connectivity index (χ0n) is 8.85. The summed E-state index contributed by atoms with van der Waals surface area (Å²) in [5.74, 6) is -0.188. The van der Waals surface area contributed by atoms with Gasteiger partial charge >= 0.3 is 0 Å². The van der Waals surface area contributed by atoms with Gasteiger partial charge in [0.1, 0.15) is 5.82 Å². The lowest BCUT2D eigenvalue weighted by molar-refractivity contribution is -0.127. The van der Waals surface area contributed by atoms with E-state index in [2.05, 4.69) is 4.99 Å². The Morgan fingerprint density at radius 3 is 2.62 bits per heavy atom. The van der Waals surface area contributed by atoms with Crippen LogP contribution in [-0.4, -0.2) is 23.8 Å². The topological polar surface area (TPSA) is 58.7 Å². The highest BCUT2D eigenvalue weighted by molar-refractivity contribution is 5.98. The van der Waals surface area contributed by atoms with Crippen molar-refractivity contribution in [2.75, 3.05) is 7.05 Å². The van der Waals surface area contributed by atoms with Crippen molar-refractivity contribution < 1.29 is 9.18 Å². The van der Waals surface area contributed by atoms with Gasteiger partial charge in [0.25, 0.3) is 0 Å². The molecule has 1 atom stereocenters. The number of amides is 1. The first-order chi connectivity index (χ1) is 7.58. The van der Waals surface area contributed by atoms with Gasteiger partial charge in [0.15, 0.2) is 5.96 Å². The first-order valence-electron chi connectivity index (χ1n) is 4.93. The van der Waals surface area contributed by atoms with E-state index in [1.807, 2.05) is 0 Å². The highest BCUT2D eigenvalue weighted by atomic mass is 19.1. The second-order valence-electron chi connectivity index (χ2n) is 3.71. The lowest BCUT2D eigenvalue weighted by Gasteiger charge is -2.25. The smallest absolute Gasteiger partial charge is 0.231 e. The first-order valence-corrected chi connectivity index (χ1v) is 4.93. The number of halogens is 1. The van der Waals surface area contributed by atoms with Gasteiger partial charge < -0.3 is 5.73 Å². The Morgan fingerprint density at radius 2 is 2.06 bits per heavy atom. The third-order valence-electron chi connectivity index (χ3n) is 2.63. The second kappa shape index (κ2) is 3.92. The van der Waals surface area contributed by atoms with Gasteiger partial charge in [-0.1, -0.05) is 12.1 Å². The minimum Gasteiger partial charge on any atom is -0.369 e. The molecule has 0 aliphatic carbocycles. The van der Waals surface area contributed by atoms with E-state index in [4.69, 9.17) is 5.73 Å². The third kappa shape index (κ3) is 1.88. The third-order valence-corrected chi connectivity index (χ3v) is 2.63. The summed E-state index contributed by atoms with van der Waals surface area (Å²) in [6, 6.07) is 5.64. The number of hydrogen-bond donors (Lipinski definition) is 1. The van der Waals surface area contributed by atoms with Crippen molar-refractivity contribution in [1.82, 2.24) is 4.90 Å². The Bertz CT molecular complexity index is 441. The van der Waals surface area contributed by atoms with Crippen molar-refractivity contribution >= 4 is 11.9 Å². The number of rotatable bonds is 1. The molecule has 1 aromatic carbocycles. The van der Waals surface area contributed by atoms with Crippen LogP contribution in [0.1, 0.15) is 18.0 Å². The molecule has 5 heteroatoms. The molecule has 0 saturated carbocycles. The van der Waals surface area contributed by atoms with Gasteiger partial charge in [0, 0.05) is 7.05 Å². The van der Waals surface area contributed by atoms with Gasteiger partial charge in [-0.3, -0.25) is 9.69 Å². The number of nitrogens with zero attached hydrogens (tertiary/aromatic N) is 2. The molecule has 2 rings (SSSR count). The van der Waals surface area contributed by atoms with Gasteiger partial charge in [-0.15, -0.1) is 0 Å². The fourth-order valence-corrected chi connectivity index (χ4v) is 1.60. The maximum Gasteiger partial charge on any atom is 0.231 e. The number of aliphatic imine (C=N–C) groups is 1. The average Bonchev–Trinajstić information content (AvgIpc) is 2.26. The summed E-state index contributed by atoms with van der Waals surface area (Å²) < 4.78 is 12.7. The number of nitrogens with two attached hydrogens (primary N) is 1. The molecule has 0 saturated heterocycles. The lowest BCUT2D eigenvalue weighted by atomic mass is 10.0. The zero-order chi connectivity index (χ0) is 11.7. The summed E-state index contributed by atoms with van der Waals surface area (Å²) in [6.45, 7) is 0. The summed E-state index contributed by atoms with van der Waals surface area (Å²) in [4.78, 5) is 17.1. The van der Waals surface area contributed by atoms with E-state index in [1.165, 1.54) is 17.0 Å². The van der Waals surface area contributed by atoms with E-state index < -0.39 is 0 Å². The molecule has 1 aromatic rings. The quantitative estimate of drug-likeness (QED) is 0.770. The van der Waals surface area contributed by atoms with E-state index in [-0.39, 0.29) is 30.1 Å². The van der Waals surface area contributed by atoms with Gasteiger partial charge in [0.05, 0.1) is 12.5 Å². The fourth-order valence-electron chi connectivity index (χ4n) is 1.60. The van der Waals surface area contributed by atoms with Crippen molar-refractivity contribution in [3.8, 4) is 0 Å². The minimum atomic E-state index is -0.306. The van der Waals surface area contributed by atoms with Gasteiger partial charge in [-0.2, -0.15) is 0 Å². The van der Waals surface area contributed by atoms with Gasteiger partial charge in [0.2, 0.25) is 5.91 Å². The molecule has 1 aliphatic rings. The van der Waals surface area contributed by atoms with Crippen LogP contribution in [0.2, 0.25) is 0 Å². The number of benzene rings is 1. The predicted molar refractivity (Wildman–Crippen MR) is 58.2 cm³/mol. The maximum atomic E-state index is 12.7. The molecule has 0 bridgehead atoms. The van der Waals surface area contributed by atoms with Crippen LogP contribution in [0, 0.1) is 5.82 Å². The van der Waals surface area contributed by atoms with Crippen LogP contribution in [0.4, 0.5) is 4.39 Å². The Hall–Kier alpha value is -1.91. The van der Waals surface area contributed by atoms with Crippen LogP contribution >= 0.6 is 0 Å². The van der Waals surface area contributed by atoms with Crippen molar-refractivity contribution in [1.29, 1.82) is 0 Å². The number of carbonyl (C=O) groups excluding carboxylic acids is 1. The maximum absolute atomic E-state index is 12.7. The van der Waals surface area contributed by atoms with E-state index >= 15 is 0 Å². The molecule has 4 nitrogen and oxygen atoms in total. The Balaban J connectivity index is 2.29. The normalized spacial score (nSPS) is 20.9. The van der Waals surface area contributed by atoms with Gasteiger partial charge in [-0.05, 0) is 17.7 Å². The largest absolute Gasteiger partial charge is 0.369 e. The predicted octanol–water partition coefficient (Wildman–Crippen LogP) is 1.04. The lowest BCUT2D eigenvalue weighted by Crippen LogP contribution is -2.42. The van der Waals surface area contributed by atoms with E-state index in [0.717, 1.165) is 5.56 Å². The molecule has 1 aliphatic heterocycles. The summed E-state index contributed by atoms with van der Waals surface area (Å²) in [6.07, 6.45) is 0.267. The molecular weight excluding hydrogens is 209 g/mol. The molecule has 16 heavy (non-hydrogen) atoms. The first kappa shape index (κ1) is 10.6. The molecule has 1 amide bonds. The van der Waals surface area contributed by atoms with Crippen LogP contribution in [0.15, 0.2) is 29.3 Å². The number of carbonyl (C=O) groups is 1. The van der Waals surface area contributed by atoms with Crippen LogP contribution < -0.4 is 5.73 Å². The molecule has 0 aromatic heterocycles. The van der Waals surface area contributed by atoms with Gasteiger partial charge in [-0.25, -0.2) is 9.38 Å². The summed E-state index contributed by atoms with van der Waals surface area (Å²) >= 11 is 0. The molecule has 0 spiro atoms. The van der Waals surface area contributed by atoms with Crippen molar-refractivity contribution in [2.45, 2.75) is 12.5 Å². The molecule has 84 valence electrons. The van der Waals surface area contributed by atoms with E-state index in [9.17, 15) is 9.18 Å². The molecule has 2 N–H and O–H groups in total. The van der Waals surface area contributed by atoms with E-state index in [0.29, 0.717) is 0 Å². The molecule has 0 fully saturated rings. The Morgan fingerprint density at radius 1 is 1.44 bits per heavy atom. The summed E-state index contributed by atoms with van der Waals surface area (Å²) in [5.41, 5.74) is 6.40. The number of guanidine groups is 1. The van der Waals surface area contributed by atoms with Crippen LogP contribution in [0.3, 0.4) is 0 Å². The minimum absolute atomic E-state index is 0.0816.